The van der Waals surface area contributed by atoms with E-state index in [-0.39, 0.29) is 5.54 Å². The van der Waals surface area contributed by atoms with Crippen molar-refractivity contribution in [3.05, 3.63) is 29.8 Å². The summed E-state index contributed by atoms with van der Waals surface area (Å²) in [6.07, 6.45) is 1.41. The van der Waals surface area contributed by atoms with E-state index in [1.165, 1.54) is 11.3 Å². The highest BCUT2D eigenvalue weighted by Gasteiger charge is 2.18. The number of hydrogen-bond acceptors (Lipinski definition) is 3. The molecule has 1 fully saturated rings. The van der Waals surface area contributed by atoms with E-state index in [0.717, 1.165) is 32.7 Å². The molecule has 1 unspecified atom stereocenters. The van der Waals surface area contributed by atoms with Crippen LogP contribution in [-0.2, 0) is 11.3 Å². The van der Waals surface area contributed by atoms with Crippen molar-refractivity contribution in [3.8, 4) is 0 Å². The van der Waals surface area contributed by atoms with Crippen molar-refractivity contribution in [2.75, 3.05) is 24.6 Å². The van der Waals surface area contributed by atoms with Gasteiger partial charge in [-0.1, -0.05) is 18.2 Å². The van der Waals surface area contributed by atoms with Crippen LogP contribution in [0.3, 0.4) is 0 Å². The Kier molecular flexibility index (Phi) is 5.06. The molecule has 1 aromatic rings. The van der Waals surface area contributed by atoms with Gasteiger partial charge in [-0.2, -0.15) is 0 Å². The third kappa shape index (κ3) is 4.50. The third-order valence-electron chi connectivity index (χ3n) is 3.59. The maximum atomic E-state index is 5.75. The van der Waals surface area contributed by atoms with Gasteiger partial charge in [0.1, 0.15) is 0 Å². The van der Waals surface area contributed by atoms with Gasteiger partial charge in [-0.05, 0) is 45.7 Å². The average Bonchev–Trinajstić information content (AvgIpc) is 2.60. The SMILES string of the molecule is CC1CN(c2ccccc2CNC(C)(C)C)CCCO1. The van der Waals surface area contributed by atoms with E-state index in [1.54, 1.807) is 0 Å². The normalized spacial score (nSPS) is 20.8. The molecule has 20 heavy (non-hydrogen) atoms. The van der Waals surface area contributed by atoms with Crippen LogP contribution in [0.2, 0.25) is 0 Å². The largest absolute Gasteiger partial charge is 0.377 e. The zero-order valence-corrected chi connectivity index (χ0v) is 13.3. The molecule has 1 N–H and O–H groups in total. The van der Waals surface area contributed by atoms with Gasteiger partial charge in [-0.3, -0.25) is 0 Å². The number of benzene rings is 1. The second-order valence-corrected chi connectivity index (χ2v) is 6.71. The summed E-state index contributed by atoms with van der Waals surface area (Å²) < 4.78 is 5.75. The third-order valence-corrected chi connectivity index (χ3v) is 3.59. The molecule has 3 nitrogen and oxygen atoms in total. The minimum atomic E-state index is 0.141. The maximum absolute atomic E-state index is 5.75. The number of ether oxygens (including phenoxy) is 1. The minimum absolute atomic E-state index is 0.141. The topological polar surface area (TPSA) is 24.5 Å². The van der Waals surface area contributed by atoms with Gasteiger partial charge in [-0.25, -0.2) is 0 Å². The second kappa shape index (κ2) is 6.59. The summed E-state index contributed by atoms with van der Waals surface area (Å²) in [5.41, 5.74) is 2.86. The molecule has 1 saturated heterocycles. The lowest BCUT2D eigenvalue weighted by Crippen LogP contribution is -2.36. The van der Waals surface area contributed by atoms with E-state index in [4.69, 9.17) is 4.74 Å². The molecule has 1 atom stereocenters. The number of rotatable bonds is 3. The first-order chi connectivity index (χ1) is 9.46. The summed E-state index contributed by atoms with van der Waals surface area (Å²) in [6, 6.07) is 8.72. The molecule has 0 radical (unpaired) electrons. The highest BCUT2D eigenvalue weighted by atomic mass is 16.5. The molecule has 1 aliphatic heterocycles. The molecular weight excluding hydrogens is 248 g/mol. The molecule has 0 amide bonds. The Bertz CT molecular complexity index is 425. The van der Waals surface area contributed by atoms with Crippen LogP contribution < -0.4 is 10.2 Å². The van der Waals surface area contributed by atoms with Crippen molar-refractivity contribution in [1.29, 1.82) is 0 Å². The highest BCUT2D eigenvalue weighted by molar-refractivity contribution is 5.54. The summed E-state index contributed by atoms with van der Waals surface area (Å²) in [5.74, 6) is 0. The van der Waals surface area contributed by atoms with Crippen molar-refractivity contribution in [2.45, 2.75) is 52.3 Å². The molecular formula is C17H28N2O. The van der Waals surface area contributed by atoms with Gasteiger partial charge in [0.25, 0.3) is 0 Å². The molecule has 0 saturated carbocycles. The van der Waals surface area contributed by atoms with E-state index in [2.05, 4.69) is 62.2 Å². The second-order valence-electron chi connectivity index (χ2n) is 6.71. The molecule has 1 aromatic carbocycles. The van der Waals surface area contributed by atoms with Crippen LogP contribution in [0.1, 0.15) is 39.7 Å². The standard InChI is InChI=1S/C17H28N2O/c1-14-13-19(10-7-11-20-14)16-9-6-5-8-15(16)12-18-17(2,3)4/h5-6,8-9,14,18H,7,10-13H2,1-4H3. The fourth-order valence-electron chi connectivity index (χ4n) is 2.54. The number of hydrogen-bond donors (Lipinski definition) is 1. The summed E-state index contributed by atoms with van der Waals surface area (Å²) in [5, 5.41) is 3.59. The van der Waals surface area contributed by atoms with Crippen molar-refractivity contribution in [1.82, 2.24) is 5.32 Å². The number of para-hydroxylation sites is 1. The van der Waals surface area contributed by atoms with Gasteiger partial charge in [0.2, 0.25) is 0 Å². The van der Waals surface area contributed by atoms with Crippen LogP contribution in [0.25, 0.3) is 0 Å². The average molecular weight is 276 g/mol. The molecule has 0 spiro atoms. The highest BCUT2D eigenvalue weighted by Crippen LogP contribution is 2.23. The van der Waals surface area contributed by atoms with E-state index >= 15 is 0 Å². The number of anilines is 1. The first-order valence-electron chi connectivity index (χ1n) is 7.65. The van der Waals surface area contributed by atoms with Gasteiger partial charge in [-0.15, -0.1) is 0 Å². The predicted octanol–water partition coefficient (Wildman–Crippen LogP) is 3.19. The Morgan fingerprint density at radius 1 is 1.30 bits per heavy atom. The Labute approximate surface area is 123 Å². The summed E-state index contributed by atoms with van der Waals surface area (Å²) >= 11 is 0. The summed E-state index contributed by atoms with van der Waals surface area (Å²) in [4.78, 5) is 2.47. The monoisotopic (exact) mass is 276 g/mol. The first kappa shape index (κ1) is 15.3. The summed E-state index contributed by atoms with van der Waals surface area (Å²) in [6.45, 7) is 12.6. The minimum Gasteiger partial charge on any atom is -0.377 e. The molecule has 1 heterocycles. The smallest absolute Gasteiger partial charge is 0.0721 e. The first-order valence-corrected chi connectivity index (χ1v) is 7.65. The van der Waals surface area contributed by atoms with E-state index in [0.29, 0.717) is 6.10 Å². The van der Waals surface area contributed by atoms with Crippen molar-refractivity contribution < 1.29 is 4.74 Å². The van der Waals surface area contributed by atoms with Crippen LogP contribution >= 0.6 is 0 Å². The van der Waals surface area contributed by atoms with Crippen LogP contribution in [0.15, 0.2) is 24.3 Å². The Morgan fingerprint density at radius 2 is 2.05 bits per heavy atom. The number of nitrogens with zero attached hydrogens (tertiary/aromatic N) is 1. The maximum Gasteiger partial charge on any atom is 0.0721 e. The molecule has 1 aliphatic rings. The quantitative estimate of drug-likeness (QED) is 0.917. The molecule has 0 bridgehead atoms. The Balaban J connectivity index is 2.13. The lowest BCUT2D eigenvalue weighted by molar-refractivity contribution is 0.0821. The van der Waals surface area contributed by atoms with Crippen LogP contribution in [-0.4, -0.2) is 31.3 Å². The summed E-state index contributed by atoms with van der Waals surface area (Å²) in [7, 11) is 0. The molecule has 2 rings (SSSR count). The lowest BCUT2D eigenvalue weighted by atomic mass is 10.1. The van der Waals surface area contributed by atoms with E-state index in [9.17, 15) is 0 Å². The lowest BCUT2D eigenvalue weighted by Gasteiger charge is -2.28. The van der Waals surface area contributed by atoms with Crippen molar-refractivity contribution >= 4 is 5.69 Å². The fraction of sp³-hybridized carbons (Fsp3) is 0.647. The predicted molar refractivity (Wildman–Crippen MR) is 85.3 cm³/mol. The van der Waals surface area contributed by atoms with Gasteiger partial charge in [0.05, 0.1) is 6.10 Å². The van der Waals surface area contributed by atoms with Crippen molar-refractivity contribution in [2.24, 2.45) is 0 Å². The van der Waals surface area contributed by atoms with Gasteiger partial charge in [0, 0.05) is 37.5 Å². The molecule has 0 aliphatic carbocycles. The molecule has 3 heteroatoms. The van der Waals surface area contributed by atoms with E-state index in [1.807, 2.05) is 0 Å². The fourth-order valence-corrected chi connectivity index (χ4v) is 2.54. The van der Waals surface area contributed by atoms with Gasteiger partial charge < -0.3 is 15.0 Å². The van der Waals surface area contributed by atoms with E-state index < -0.39 is 0 Å². The Hall–Kier alpha value is -1.06. The zero-order valence-electron chi connectivity index (χ0n) is 13.3. The molecule has 112 valence electrons. The number of nitrogens with one attached hydrogen (secondary N) is 1. The van der Waals surface area contributed by atoms with Crippen LogP contribution in [0.4, 0.5) is 5.69 Å². The van der Waals surface area contributed by atoms with Crippen LogP contribution in [0, 0.1) is 0 Å². The van der Waals surface area contributed by atoms with Crippen LogP contribution in [0.5, 0.6) is 0 Å². The molecule has 0 aromatic heterocycles. The zero-order chi connectivity index (χ0) is 14.6. The van der Waals surface area contributed by atoms with Gasteiger partial charge >= 0.3 is 0 Å². The van der Waals surface area contributed by atoms with Gasteiger partial charge in [0.15, 0.2) is 0 Å². The Morgan fingerprint density at radius 3 is 2.80 bits per heavy atom. The van der Waals surface area contributed by atoms with Crippen molar-refractivity contribution in [3.63, 3.8) is 0 Å².